The molecule has 0 spiro atoms. The fourth-order valence-electron chi connectivity index (χ4n) is 3.30. The number of halogens is 1. The van der Waals surface area contributed by atoms with Crippen molar-refractivity contribution in [1.82, 2.24) is 9.97 Å². The Morgan fingerprint density at radius 1 is 1.09 bits per heavy atom. The Morgan fingerprint density at radius 2 is 1.80 bits per heavy atom. The zero-order valence-electron chi connectivity index (χ0n) is 18.2. The Bertz CT molecular complexity index is 1420. The third kappa shape index (κ3) is 5.17. The van der Waals surface area contributed by atoms with Crippen LogP contribution >= 0.6 is 11.6 Å². The third-order valence-corrected chi connectivity index (χ3v) is 5.14. The molecule has 2 aromatic carbocycles. The van der Waals surface area contributed by atoms with Crippen LogP contribution in [0.4, 0.5) is 11.5 Å². The number of nitriles is 1. The Kier molecular flexibility index (Phi) is 7.12. The normalized spacial score (nSPS) is 10.4. The molecule has 0 aliphatic carbocycles. The van der Waals surface area contributed by atoms with Crippen LogP contribution in [0, 0.1) is 17.9 Å². The maximum atomic E-state index is 9.90. The van der Waals surface area contributed by atoms with E-state index in [2.05, 4.69) is 20.9 Å². The summed E-state index contributed by atoms with van der Waals surface area (Å²) in [5.74, 6) is 0.836. The SMILES string of the molecule is [C-]#[N+]c1c(N)nc(OCc2coc(-c3ccc(Cl)cc3)n2)c(C#N)c1-c1ccc(OCCO)cc1. The van der Waals surface area contributed by atoms with Gasteiger partial charge in [0.15, 0.2) is 0 Å². The summed E-state index contributed by atoms with van der Waals surface area (Å²) in [6.45, 7) is 7.55. The molecule has 2 aromatic heterocycles. The van der Waals surface area contributed by atoms with Crippen molar-refractivity contribution >= 4 is 23.1 Å². The minimum absolute atomic E-state index is 0.0240. The fraction of sp³-hybridized carbons (Fsp3) is 0.120. The molecule has 9 nitrogen and oxygen atoms in total. The molecule has 0 aliphatic heterocycles. The van der Waals surface area contributed by atoms with Crippen molar-refractivity contribution in [2.24, 2.45) is 0 Å². The number of nitrogens with two attached hydrogens (primary N) is 1. The van der Waals surface area contributed by atoms with E-state index in [0.29, 0.717) is 33.5 Å². The van der Waals surface area contributed by atoms with Gasteiger partial charge in [-0.3, -0.25) is 0 Å². The van der Waals surface area contributed by atoms with Gasteiger partial charge in [-0.15, -0.1) is 0 Å². The molecular weight excluding hydrogens is 470 g/mol. The summed E-state index contributed by atoms with van der Waals surface area (Å²) in [5.41, 5.74) is 8.24. The summed E-state index contributed by atoms with van der Waals surface area (Å²) >= 11 is 5.92. The number of benzene rings is 2. The lowest BCUT2D eigenvalue weighted by molar-refractivity contribution is 0.201. The molecule has 3 N–H and O–H groups in total. The van der Waals surface area contributed by atoms with Gasteiger partial charge in [0, 0.05) is 16.1 Å². The molecule has 0 aliphatic rings. The summed E-state index contributed by atoms with van der Waals surface area (Å²) in [5, 5.41) is 19.4. The first-order valence-electron chi connectivity index (χ1n) is 10.3. The van der Waals surface area contributed by atoms with Crippen molar-refractivity contribution < 1.29 is 19.0 Å². The smallest absolute Gasteiger partial charge is 0.237 e. The number of oxazole rings is 1. The summed E-state index contributed by atoms with van der Waals surface area (Å²) in [6, 6.07) is 15.8. The molecular formula is C25H18ClN5O4. The van der Waals surface area contributed by atoms with Crippen molar-refractivity contribution in [2.45, 2.75) is 6.61 Å². The highest BCUT2D eigenvalue weighted by Crippen LogP contribution is 2.41. The van der Waals surface area contributed by atoms with E-state index in [-0.39, 0.29) is 42.8 Å². The summed E-state index contributed by atoms with van der Waals surface area (Å²) in [4.78, 5) is 12.0. The molecule has 0 atom stereocenters. The maximum absolute atomic E-state index is 9.90. The standard InChI is InChI=1S/C25H18ClN5O4/c1-29-22-21(15-4-8-19(9-5-15)33-11-10-32)20(12-27)25(31-23(22)28)35-14-18-13-34-24(30-18)16-2-6-17(26)7-3-16/h2-9,13,32H,10-11,14H2,(H2,28,31). The number of nitrogen functional groups attached to an aromatic ring is 1. The highest BCUT2D eigenvalue weighted by molar-refractivity contribution is 6.30. The van der Waals surface area contributed by atoms with Gasteiger partial charge < -0.3 is 24.7 Å². The van der Waals surface area contributed by atoms with Gasteiger partial charge in [-0.25, -0.2) is 14.8 Å². The van der Waals surface area contributed by atoms with E-state index < -0.39 is 0 Å². The summed E-state index contributed by atoms with van der Waals surface area (Å²) in [6.07, 6.45) is 1.44. The van der Waals surface area contributed by atoms with Crippen LogP contribution in [0.15, 0.2) is 59.2 Å². The van der Waals surface area contributed by atoms with E-state index in [4.69, 9.17) is 42.9 Å². The predicted octanol–water partition coefficient (Wildman–Crippen LogP) is 5.01. The van der Waals surface area contributed by atoms with E-state index >= 15 is 0 Å². The number of aliphatic hydroxyl groups is 1. The van der Waals surface area contributed by atoms with Crippen LogP contribution in [0.3, 0.4) is 0 Å². The minimum Gasteiger partial charge on any atom is -0.491 e. The molecule has 4 aromatic rings. The molecule has 35 heavy (non-hydrogen) atoms. The monoisotopic (exact) mass is 487 g/mol. The molecule has 0 unspecified atom stereocenters. The first kappa shape index (κ1) is 23.6. The quantitative estimate of drug-likeness (QED) is 0.331. The highest BCUT2D eigenvalue weighted by Gasteiger charge is 2.22. The van der Waals surface area contributed by atoms with Crippen LogP contribution in [-0.2, 0) is 6.61 Å². The molecule has 0 saturated heterocycles. The van der Waals surface area contributed by atoms with Gasteiger partial charge >= 0.3 is 0 Å². The van der Waals surface area contributed by atoms with Gasteiger partial charge in [0.2, 0.25) is 17.5 Å². The highest BCUT2D eigenvalue weighted by atomic mass is 35.5. The van der Waals surface area contributed by atoms with Gasteiger partial charge in [-0.2, -0.15) is 5.26 Å². The van der Waals surface area contributed by atoms with Gasteiger partial charge in [0.1, 0.15) is 48.4 Å². The second kappa shape index (κ2) is 10.6. The van der Waals surface area contributed by atoms with Gasteiger partial charge in [-0.05, 0) is 42.0 Å². The number of hydrogen-bond donors (Lipinski definition) is 2. The zero-order chi connectivity index (χ0) is 24.8. The predicted molar refractivity (Wildman–Crippen MR) is 129 cm³/mol. The maximum Gasteiger partial charge on any atom is 0.237 e. The lowest BCUT2D eigenvalue weighted by Gasteiger charge is -2.14. The first-order chi connectivity index (χ1) is 17.0. The number of aromatic nitrogens is 2. The van der Waals surface area contributed by atoms with Gasteiger partial charge in [-0.1, -0.05) is 23.7 Å². The molecule has 0 amide bonds. The fourth-order valence-corrected chi connectivity index (χ4v) is 3.42. The molecule has 0 fully saturated rings. The Balaban J connectivity index is 1.63. The van der Waals surface area contributed by atoms with Crippen LogP contribution in [0.5, 0.6) is 11.6 Å². The van der Waals surface area contributed by atoms with Crippen LogP contribution in [0.1, 0.15) is 11.3 Å². The molecule has 4 rings (SSSR count). The number of nitrogens with zero attached hydrogens (tertiary/aromatic N) is 4. The number of hydrogen-bond acceptors (Lipinski definition) is 8. The lowest BCUT2D eigenvalue weighted by Crippen LogP contribution is -2.04. The second-order valence-corrected chi connectivity index (χ2v) is 7.60. The number of anilines is 1. The summed E-state index contributed by atoms with van der Waals surface area (Å²) < 4.78 is 16.7. The van der Waals surface area contributed by atoms with Crippen molar-refractivity contribution in [3.05, 3.63) is 82.5 Å². The lowest BCUT2D eigenvalue weighted by atomic mass is 9.99. The molecule has 0 saturated carbocycles. The number of ether oxygens (including phenoxy) is 2. The van der Waals surface area contributed by atoms with Crippen molar-refractivity contribution in [1.29, 1.82) is 5.26 Å². The average Bonchev–Trinajstić information content (AvgIpc) is 3.35. The first-order valence-corrected chi connectivity index (χ1v) is 10.7. The molecule has 0 radical (unpaired) electrons. The zero-order valence-corrected chi connectivity index (χ0v) is 19.0. The largest absolute Gasteiger partial charge is 0.491 e. The molecule has 0 bridgehead atoms. The Hall–Kier alpha value is -4.57. The average molecular weight is 488 g/mol. The second-order valence-electron chi connectivity index (χ2n) is 7.16. The van der Waals surface area contributed by atoms with Crippen molar-refractivity contribution in [3.63, 3.8) is 0 Å². The van der Waals surface area contributed by atoms with Crippen LogP contribution < -0.4 is 15.2 Å². The van der Waals surface area contributed by atoms with Crippen LogP contribution in [0.2, 0.25) is 5.02 Å². The van der Waals surface area contributed by atoms with Gasteiger partial charge in [0.25, 0.3) is 0 Å². The van der Waals surface area contributed by atoms with Crippen molar-refractivity contribution in [2.75, 3.05) is 18.9 Å². The van der Waals surface area contributed by atoms with E-state index in [1.165, 1.54) is 6.26 Å². The summed E-state index contributed by atoms with van der Waals surface area (Å²) in [7, 11) is 0. The molecule has 10 heteroatoms. The number of pyridine rings is 1. The number of aliphatic hydroxyl groups excluding tert-OH is 1. The van der Waals surface area contributed by atoms with E-state index in [1.54, 1.807) is 48.5 Å². The Labute approximate surface area is 205 Å². The molecule has 2 heterocycles. The van der Waals surface area contributed by atoms with Gasteiger partial charge in [0.05, 0.1) is 13.2 Å². The Morgan fingerprint density at radius 3 is 2.46 bits per heavy atom. The van der Waals surface area contributed by atoms with Crippen LogP contribution in [0.25, 0.3) is 27.4 Å². The van der Waals surface area contributed by atoms with Crippen molar-refractivity contribution in [3.8, 4) is 40.3 Å². The topological polar surface area (TPSA) is 132 Å². The van der Waals surface area contributed by atoms with E-state index in [0.717, 1.165) is 5.56 Å². The minimum atomic E-state index is -0.115. The van der Waals surface area contributed by atoms with E-state index in [1.807, 2.05) is 0 Å². The van der Waals surface area contributed by atoms with Crippen LogP contribution in [-0.4, -0.2) is 28.3 Å². The molecule has 174 valence electrons. The third-order valence-electron chi connectivity index (χ3n) is 4.89. The number of rotatable bonds is 8. The van der Waals surface area contributed by atoms with E-state index in [9.17, 15) is 5.26 Å².